The first kappa shape index (κ1) is 15.6. The van der Waals surface area contributed by atoms with Crippen molar-refractivity contribution in [3.8, 4) is 0 Å². The monoisotopic (exact) mass is 329 g/mol. The van der Waals surface area contributed by atoms with Gasteiger partial charge in [-0.2, -0.15) is 0 Å². The molecule has 0 unspecified atom stereocenters. The third kappa shape index (κ3) is 3.05. The first-order valence-corrected chi connectivity index (χ1v) is 8.67. The van der Waals surface area contributed by atoms with Gasteiger partial charge in [-0.05, 0) is 58.4 Å². The first-order valence-electron chi connectivity index (χ1n) is 8.67. The number of rotatable bonds is 0. The Bertz CT molecular complexity index is 1000. The molecule has 0 spiro atoms. The molecule has 3 aromatic carbocycles. The number of hydrogen-bond acceptors (Lipinski definition) is 2. The standard InChI is InChI=1S/C18H16.C4H3NO2/c1-3-7-15-13(5-1)9-11-18-16-8-4-2-6-14(16)10-12-17(15)18;6-3-1-2-4(7)5-3/h1,3,5,7,9-12H,2,4,6,8H2;1-2H,(H,5,6,7). The molecule has 1 aliphatic carbocycles. The third-order valence-electron chi connectivity index (χ3n) is 4.89. The maximum absolute atomic E-state index is 10.0. The van der Waals surface area contributed by atoms with Crippen LogP contribution in [0.1, 0.15) is 24.0 Å². The van der Waals surface area contributed by atoms with Crippen molar-refractivity contribution in [1.29, 1.82) is 0 Å². The first-order chi connectivity index (χ1) is 12.2. The van der Waals surface area contributed by atoms with E-state index >= 15 is 0 Å². The lowest BCUT2D eigenvalue weighted by molar-refractivity contribution is -0.123. The van der Waals surface area contributed by atoms with Crippen molar-refractivity contribution in [2.75, 3.05) is 0 Å². The average Bonchev–Trinajstić information content (AvgIpc) is 3.04. The molecule has 3 heteroatoms. The van der Waals surface area contributed by atoms with Crippen molar-refractivity contribution >= 4 is 33.4 Å². The molecule has 0 atom stereocenters. The minimum absolute atomic E-state index is 0.329. The zero-order valence-corrected chi connectivity index (χ0v) is 13.9. The smallest absolute Gasteiger partial charge is 0.250 e. The summed E-state index contributed by atoms with van der Waals surface area (Å²) in [6.07, 6.45) is 7.61. The summed E-state index contributed by atoms with van der Waals surface area (Å²) in [5.74, 6) is -0.657. The van der Waals surface area contributed by atoms with Gasteiger partial charge in [0.05, 0.1) is 0 Å². The van der Waals surface area contributed by atoms with Gasteiger partial charge in [-0.15, -0.1) is 0 Å². The van der Waals surface area contributed by atoms with Crippen LogP contribution in [0, 0.1) is 0 Å². The molecule has 0 aromatic heterocycles. The van der Waals surface area contributed by atoms with Crippen LogP contribution < -0.4 is 5.32 Å². The highest BCUT2D eigenvalue weighted by molar-refractivity contribution is 6.12. The fraction of sp³-hybridized carbons (Fsp3) is 0.182. The highest BCUT2D eigenvalue weighted by atomic mass is 16.2. The van der Waals surface area contributed by atoms with Crippen LogP contribution in [-0.2, 0) is 22.4 Å². The Hall–Kier alpha value is -2.94. The number of carbonyl (C=O) groups excluding carboxylic acids is 2. The second kappa shape index (κ2) is 6.52. The Morgan fingerprint density at radius 2 is 1.40 bits per heavy atom. The van der Waals surface area contributed by atoms with Gasteiger partial charge in [0.25, 0.3) is 11.8 Å². The summed E-state index contributed by atoms with van der Waals surface area (Å²) < 4.78 is 0. The molecule has 25 heavy (non-hydrogen) atoms. The predicted molar refractivity (Wildman–Crippen MR) is 100 cm³/mol. The Labute approximate surface area is 146 Å². The summed E-state index contributed by atoms with van der Waals surface area (Å²) in [5, 5.41) is 7.67. The van der Waals surface area contributed by atoms with E-state index in [9.17, 15) is 9.59 Å². The molecular weight excluding hydrogens is 310 g/mol. The number of benzene rings is 3. The van der Waals surface area contributed by atoms with Crippen molar-refractivity contribution in [2.24, 2.45) is 0 Å². The van der Waals surface area contributed by atoms with Crippen molar-refractivity contribution in [3.63, 3.8) is 0 Å². The summed E-state index contributed by atoms with van der Waals surface area (Å²) in [4.78, 5) is 20.1. The molecule has 0 saturated carbocycles. The number of aryl methyl sites for hydroxylation is 2. The van der Waals surface area contributed by atoms with Crippen LogP contribution in [0.4, 0.5) is 0 Å². The van der Waals surface area contributed by atoms with Crippen LogP contribution >= 0.6 is 0 Å². The minimum atomic E-state index is -0.329. The van der Waals surface area contributed by atoms with Gasteiger partial charge in [0.15, 0.2) is 0 Å². The van der Waals surface area contributed by atoms with Gasteiger partial charge >= 0.3 is 0 Å². The van der Waals surface area contributed by atoms with E-state index in [0.717, 1.165) is 0 Å². The summed E-state index contributed by atoms with van der Waals surface area (Å²) >= 11 is 0. The van der Waals surface area contributed by atoms with Crippen molar-refractivity contribution in [2.45, 2.75) is 25.7 Å². The van der Waals surface area contributed by atoms with Crippen LogP contribution in [0.15, 0.2) is 60.7 Å². The topological polar surface area (TPSA) is 46.2 Å². The summed E-state index contributed by atoms with van der Waals surface area (Å²) in [6.45, 7) is 0. The highest BCUT2D eigenvalue weighted by Gasteiger charge is 2.13. The van der Waals surface area contributed by atoms with Crippen LogP contribution in [0.25, 0.3) is 21.5 Å². The van der Waals surface area contributed by atoms with Gasteiger partial charge < -0.3 is 0 Å². The molecule has 5 rings (SSSR count). The summed E-state index contributed by atoms with van der Waals surface area (Å²) in [5.41, 5.74) is 3.17. The predicted octanol–water partition coefficient (Wildman–Crippen LogP) is 4.07. The zero-order valence-electron chi connectivity index (χ0n) is 13.9. The third-order valence-corrected chi connectivity index (χ3v) is 4.89. The minimum Gasteiger partial charge on any atom is -0.289 e. The Kier molecular flexibility index (Phi) is 4.06. The van der Waals surface area contributed by atoms with Crippen molar-refractivity contribution in [3.05, 3.63) is 71.8 Å². The molecule has 2 amide bonds. The Morgan fingerprint density at radius 1 is 0.680 bits per heavy atom. The normalized spacial score (nSPS) is 15.7. The molecule has 0 radical (unpaired) electrons. The van der Waals surface area contributed by atoms with E-state index in [2.05, 4.69) is 48.5 Å². The number of amides is 2. The Morgan fingerprint density at radius 3 is 2.16 bits per heavy atom. The molecule has 1 N–H and O–H groups in total. The number of carbonyl (C=O) groups is 2. The number of nitrogens with one attached hydrogen (secondary N) is 1. The highest BCUT2D eigenvalue weighted by Crippen LogP contribution is 2.33. The van der Waals surface area contributed by atoms with E-state index in [-0.39, 0.29) is 11.8 Å². The molecule has 3 aromatic rings. The quantitative estimate of drug-likeness (QED) is 0.499. The van der Waals surface area contributed by atoms with Crippen molar-refractivity contribution in [1.82, 2.24) is 5.32 Å². The average molecular weight is 329 g/mol. The van der Waals surface area contributed by atoms with E-state index in [1.807, 2.05) is 5.32 Å². The van der Waals surface area contributed by atoms with Gasteiger partial charge in [-0.3, -0.25) is 14.9 Å². The van der Waals surface area contributed by atoms with Crippen LogP contribution in [0.5, 0.6) is 0 Å². The van der Waals surface area contributed by atoms with Gasteiger partial charge in [-0.25, -0.2) is 0 Å². The van der Waals surface area contributed by atoms with E-state index < -0.39 is 0 Å². The lowest BCUT2D eigenvalue weighted by Crippen LogP contribution is -2.19. The van der Waals surface area contributed by atoms with Crippen LogP contribution in [-0.4, -0.2) is 11.8 Å². The van der Waals surface area contributed by atoms with Gasteiger partial charge in [-0.1, -0.05) is 48.5 Å². The maximum atomic E-state index is 10.0. The summed E-state index contributed by atoms with van der Waals surface area (Å²) in [7, 11) is 0. The molecule has 0 fully saturated rings. The molecule has 1 heterocycles. The zero-order chi connectivity index (χ0) is 17.2. The second-order valence-electron chi connectivity index (χ2n) is 6.48. The van der Waals surface area contributed by atoms with Gasteiger partial charge in [0.1, 0.15) is 0 Å². The fourth-order valence-corrected chi connectivity index (χ4v) is 3.70. The second-order valence-corrected chi connectivity index (χ2v) is 6.48. The largest absolute Gasteiger partial charge is 0.289 e. The molecule has 124 valence electrons. The van der Waals surface area contributed by atoms with Crippen LogP contribution in [0.3, 0.4) is 0 Å². The lowest BCUT2D eigenvalue weighted by atomic mass is 9.86. The molecule has 0 saturated heterocycles. The molecule has 1 aliphatic heterocycles. The Balaban J connectivity index is 0.000000190. The molecule has 2 aliphatic rings. The van der Waals surface area contributed by atoms with Gasteiger partial charge in [0, 0.05) is 12.2 Å². The number of hydrogen-bond donors (Lipinski definition) is 1. The van der Waals surface area contributed by atoms with Crippen molar-refractivity contribution < 1.29 is 9.59 Å². The van der Waals surface area contributed by atoms with E-state index in [0.29, 0.717) is 0 Å². The lowest BCUT2D eigenvalue weighted by Gasteiger charge is -2.18. The SMILES string of the molecule is O=C1C=CC(=O)N1.c1ccc2c(c1)ccc1c3c(ccc12)CCCC3. The summed E-state index contributed by atoms with van der Waals surface area (Å²) in [6, 6.07) is 18.0. The molecule has 0 bridgehead atoms. The van der Waals surface area contributed by atoms with Crippen LogP contribution in [0.2, 0.25) is 0 Å². The number of imide groups is 1. The van der Waals surface area contributed by atoms with E-state index in [4.69, 9.17) is 0 Å². The number of fused-ring (bicyclic) bond motifs is 5. The molecule has 3 nitrogen and oxygen atoms in total. The fourth-order valence-electron chi connectivity index (χ4n) is 3.70. The molecular formula is C22H19NO2. The van der Waals surface area contributed by atoms with E-state index in [1.165, 1.54) is 59.4 Å². The maximum Gasteiger partial charge on any atom is 0.250 e. The van der Waals surface area contributed by atoms with E-state index in [1.54, 1.807) is 11.1 Å². The van der Waals surface area contributed by atoms with Gasteiger partial charge in [0.2, 0.25) is 0 Å².